The summed E-state index contributed by atoms with van der Waals surface area (Å²) in [5.41, 5.74) is -6.01. The summed E-state index contributed by atoms with van der Waals surface area (Å²) in [4.78, 5) is 17.2. The van der Waals surface area contributed by atoms with E-state index in [0.29, 0.717) is 37.8 Å². The number of halogens is 5. The van der Waals surface area contributed by atoms with Crippen LogP contribution in [-0.4, -0.2) is 91.0 Å². The largest absolute Gasteiger partial charge is 0.481 e. The summed E-state index contributed by atoms with van der Waals surface area (Å²) < 4.78 is 85.9. The van der Waals surface area contributed by atoms with Crippen molar-refractivity contribution in [2.75, 3.05) is 27.3 Å². The molecule has 0 amide bonds. The number of aliphatic hydroxyl groups is 4. The van der Waals surface area contributed by atoms with E-state index in [-0.39, 0.29) is 89.5 Å². The number of aliphatic hydroxyl groups excluding tert-OH is 2. The predicted octanol–water partition coefficient (Wildman–Crippen LogP) is 8.24. The van der Waals surface area contributed by atoms with Crippen molar-refractivity contribution in [3.63, 3.8) is 0 Å². The van der Waals surface area contributed by atoms with E-state index in [1.807, 2.05) is 6.08 Å². The molecule has 12 nitrogen and oxygen atoms in total. The Balaban J connectivity index is 1.19. The average molecular weight is 955 g/mol. The van der Waals surface area contributed by atoms with Crippen molar-refractivity contribution < 1.29 is 51.9 Å². The number of ether oxygens (including phenoxy) is 2. The van der Waals surface area contributed by atoms with E-state index >= 15 is 8.78 Å². The van der Waals surface area contributed by atoms with Gasteiger partial charge in [0.05, 0.1) is 37.6 Å². The van der Waals surface area contributed by atoms with Gasteiger partial charge in [0.15, 0.2) is 0 Å². The second kappa shape index (κ2) is 21.4. The van der Waals surface area contributed by atoms with E-state index in [2.05, 4.69) is 30.6 Å². The van der Waals surface area contributed by atoms with Gasteiger partial charge in [-0.15, -0.1) is 0 Å². The number of aromatic nitrogens is 4. The predicted molar refractivity (Wildman–Crippen MR) is 250 cm³/mol. The number of rotatable bonds is 17. The molecule has 17 heteroatoms. The van der Waals surface area contributed by atoms with Crippen molar-refractivity contribution in [3.05, 3.63) is 143 Å². The Morgan fingerprint density at radius 1 is 0.609 bits per heavy atom. The molecular formula is C52H55F5N6O6. The number of fused-ring (bicyclic) bond motifs is 2. The van der Waals surface area contributed by atoms with Crippen molar-refractivity contribution in [3.8, 4) is 11.8 Å². The van der Waals surface area contributed by atoms with Gasteiger partial charge in [0, 0.05) is 54.0 Å². The molecule has 2 aromatic carbocycles. The Bertz CT molecular complexity index is 2820. The average Bonchev–Trinajstić information content (AvgIpc) is 3.36. The monoisotopic (exact) mass is 954 g/mol. The summed E-state index contributed by atoms with van der Waals surface area (Å²) in [6.07, 6.45) is 5.93. The molecule has 0 spiro atoms. The van der Waals surface area contributed by atoms with Gasteiger partial charge in [0.2, 0.25) is 11.8 Å². The first kappa shape index (κ1) is 49.5. The summed E-state index contributed by atoms with van der Waals surface area (Å²) >= 11 is 0. The van der Waals surface area contributed by atoms with Gasteiger partial charge in [0.25, 0.3) is 0 Å². The third-order valence-electron chi connectivity index (χ3n) is 14.0. The lowest BCUT2D eigenvalue weighted by Crippen LogP contribution is -2.69. The third kappa shape index (κ3) is 10.2. The highest BCUT2D eigenvalue weighted by Crippen LogP contribution is 2.57. The maximum atomic E-state index is 16.6. The molecule has 69 heavy (non-hydrogen) atoms. The summed E-state index contributed by atoms with van der Waals surface area (Å²) in [5.74, 6) is -5.67. The van der Waals surface area contributed by atoms with Gasteiger partial charge in [-0.25, -0.2) is 31.9 Å². The molecule has 0 saturated heterocycles. The van der Waals surface area contributed by atoms with Crippen molar-refractivity contribution >= 4 is 34.2 Å². The van der Waals surface area contributed by atoms with Crippen molar-refractivity contribution in [1.82, 2.24) is 30.6 Å². The molecule has 2 unspecified atom stereocenters. The Morgan fingerprint density at radius 2 is 1.09 bits per heavy atom. The Morgan fingerprint density at radius 3 is 1.57 bits per heavy atom. The van der Waals surface area contributed by atoms with E-state index in [9.17, 15) is 33.6 Å². The Labute approximate surface area is 396 Å². The minimum absolute atomic E-state index is 0.0462. The number of pyridine rings is 4. The molecule has 4 atom stereocenters. The fourth-order valence-corrected chi connectivity index (χ4v) is 10.4. The number of hydrogen-bond acceptors (Lipinski definition) is 12. The molecule has 2 saturated carbocycles. The number of nitrogens with one attached hydrogen (secondary N) is 2. The highest BCUT2D eigenvalue weighted by molar-refractivity contribution is 5.80. The molecule has 6 aromatic rings. The van der Waals surface area contributed by atoms with Crippen molar-refractivity contribution in [2.24, 2.45) is 11.8 Å². The fourth-order valence-electron chi connectivity index (χ4n) is 10.4. The summed E-state index contributed by atoms with van der Waals surface area (Å²) in [7, 11) is 2.71. The molecule has 6 N–H and O–H groups in total. The molecule has 0 aliphatic heterocycles. The summed E-state index contributed by atoms with van der Waals surface area (Å²) in [5, 5.41) is 60.8. The second-order valence-corrected chi connectivity index (χ2v) is 17.9. The zero-order valence-electron chi connectivity index (χ0n) is 38.1. The van der Waals surface area contributed by atoms with Crippen LogP contribution in [0.2, 0.25) is 0 Å². The maximum Gasteiger partial charge on any atom is 0.213 e. The van der Waals surface area contributed by atoms with Crippen LogP contribution in [0.4, 0.5) is 22.0 Å². The first-order chi connectivity index (χ1) is 33.2. The fraction of sp³-hybridized carbons (Fsp3) is 0.385. The van der Waals surface area contributed by atoms with E-state index in [4.69, 9.17) is 9.47 Å². The SMILES string of the molecule is COc1ccc2ncc(F)c(C(O)C(O)(C3CCC(NC/C=C/c4cccc(F)c4)CC3)[C@@](O)(C3CCC(NC/C=C/c4cc(F)ccc4F)CC3)[C@H](O)c3c(F)cnc4ccc(OC)nc34)c2n1. The molecular weight excluding hydrogens is 900 g/mol. The molecule has 2 aliphatic rings. The van der Waals surface area contributed by atoms with E-state index in [1.165, 1.54) is 56.7 Å². The highest BCUT2D eigenvalue weighted by Gasteiger charge is 2.66. The van der Waals surface area contributed by atoms with Crippen LogP contribution < -0.4 is 20.1 Å². The number of nitrogens with zero attached hydrogens (tertiary/aromatic N) is 4. The molecule has 4 heterocycles. The highest BCUT2D eigenvalue weighted by atomic mass is 19.1. The van der Waals surface area contributed by atoms with Gasteiger partial charge in [-0.05, 0) is 111 Å². The van der Waals surface area contributed by atoms with Gasteiger partial charge in [-0.1, -0.05) is 36.4 Å². The molecule has 0 bridgehead atoms. The van der Waals surface area contributed by atoms with Gasteiger partial charge < -0.3 is 40.5 Å². The lowest BCUT2D eigenvalue weighted by atomic mass is 9.55. The molecule has 364 valence electrons. The molecule has 2 fully saturated rings. The number of methoxy groups -OCH3 is 2. The van der Waals surface area contributed by atoms with Gasteiger partial charge in [-0.3, -0.25) is 9.97 Å². The minimum atomic E-state index is -2.86. The van der Waals surface area contributed by atoms with Crippen molar-refractivity contribution in [2.45, 2.75) is 86.9 Å². The van der Waals surface area contributed by atoms with E-state index in [1.54, 1.807) is 24.3 Å². The zero-order valence-corrected chi connectivity index (χ0v) is 38.1. The second-order valence-electron chi connectivity index (χ2n) is 17.9. The molecule has 8 rings (SSSR count). The van der Waals surface area contributed by atoms with Gasteiger partial charge in [-0.2, -0.15) is 0 Å². The van der Waals surface area contributed by atoms with Crippen LogP contribution in [0.5, 0.6) is 11.8 Å². The van der Waals surface area contributed by atoms with Crippen LogP contribution in [0.1, 0.15) is 85.8 Å². The topological polar surface area (TPSA) is 175 Å². The van der Waals surface area contributed by atoms with Crippen molar-refractivity contribution in [1.29, 1.82) is 0 Å². The van der Waals surface area contributed by atoms with Crippen LogP contribution in [0.3, 0.4) is 0 Å². The van der Waals surface area contributed by atoms with Crippen LogP contribution in [0.15, 0.2) is 91.3 Å². The van der Waals surface area contributed by atoms with Crippen LogP contribution in [0.25, 0.3) is 34.2 Å². The maximum absolute atomic E-state index is 16.6. The van der Waals surface area contributed by atoms with Crippen LogP contribution >= 0.6 is 0 Å². The smallest absolute Gasteiger partial charge is 0.213 e. The Kier molecular flexibility index (Phi) is 15.3. The Hall–Kier alpha value is -5.95. The van der Waals surface area contributed by atoms with Gasteiger partial charge >= 0.3 is 0 Å². The first-order valence-electron chi connectivity index (χ1n) is 23.0. The van der Waals surface area contributed by atoms with Crippen LogP contribution in [-0.2, 0) is 0 Å². The lowest BCUT2D eigenvalue weighted by molar-refractivity contribution is -0.293. The zero-order chi connectivity index (χ0) is 48.9. The van der Waals surface area contributed by atoms with Crippen LogP contribution in [0, 0.1) is 40.9 Å². The summed E-state index contributed by atoms with van der Waals surface area (Å²) in [6.45, 7) is 0.688. The minimum Gasteiger partial charge on any atom is -0.481 e. The quantitative estimate of drug-likeness (QED) is 0.0484. The standard InChI is InChI=1S/C52H55F5N6O6/c1-68-43-22-20-41-47(62-43)45(39(56)28-60-41)49(64)51(66,32-10-15-36(16-11-32)58-24-4-7-30-6-3-9-34(53)26-30)52(67,50(65)46-40(57)29-61-42-21-23-44(69-2)63-48(42)46)33-12-17-37(18-13-33)59-25-5-8-31-27-35(54)14-19-38(31)55/h3-9,14,19-23,26-29,32-33,36-37,49-50,58-59,64-67H,10-13,15-18,24-25H2,1-2H3/b7-4+,8-5+/t32?,33?,36?,37?,49?,50-,51?,52-/m1/s1. The molecule has 2 aliphatic carbocycles. The number of benzene rings is 2. The van der Waals surface area contributed by atoms with E-state index in [0.717, 1.165) is 30.6 Å². The van der Waals surface area contributed by atoms with Gasteiger partial charge in [0.1, 0.15) is 63.5 Å². The first-order valence-corrected chi connectivity index (χ1v) is 23.0. The normalized spacial score (nSPS) is 21.6. The molecule has 4 aromatic heterocycles. The third-order valence-corrected chi connectivity index (χ3v) is 14.0. The summed E-state index contributed by atoms with van der Waals surface area (Å²) in [6, 6.07) is 15.0. The lowest BCUT2D eigenvalue weighted by Gasteiger charge is -2.57. The number of hydrogen-bond donors (Lipinski definition) is 6. The van der Waals surface area contributed by atoms with E-state index < -0.39 is 69.6 Å². The molecule has 0 radical (unpaired) electrons.